The molecule has 0 saturated carbocycles. The molecule has 0 aliphatic carbocycles. The van der Waals surface area contributed by atoms with Gasteiger partial charge in [0.15, 0.2) is 0 Å². The Kier molecular flexibility index (Phi) is 31.1. The topological polar surface area (TPSA) is 147 Å². The molecule has 0 bridgehead atoms. The van der Waals surface area contributed by atoms with Crippen LogP contribution in [-0.4, -0.2) is 49.4 Å². The van der Waals surface area contributed by atoms with Gasteiger partial charge in [-0.3, -0.25) is 0 Å². The van der Waals surface area contributed by atoms with Crippen LogP contribution in [0.25, 0.3) is 0 Å². The number of ether oxygens (including phenoxy) is 1. The first-order valence-electron chi connectivity index (χ1n) is 8.24. The second-order valence-corrected chi connectivity index (χ2v) is 9.22. The minimum absolute atomic E-state index is 0. The third-order valence-electron chi connectivity index (χ3n) is 2.93. The number of alkyl halides is 1. The molecule has 32 heavy (non-hydrogen) atoms. The molecule has 0 spiro atoms. The zero-order chi connectivity index (χ0) is 22.2. The average Bonchev–Trinajstić information content (AvgIpc) is 2.66. The number of hydrogen-bond acceptors (Lipinski definition) is 8. The maximum Gasteiger partial charge on any atom is 1.00 e. The molecule has 0 radical (unpaired) electrons. The normalized spacial score (nSPS) is 9.88. The van der Waals surface area contributed by atoms with Gasteiger partial charge in [-0.05, 0) is 5.56 Å². The zero-order valence-corrected chi connectivity index (χ0v) is 27.7. The van der Waals surface area contributed by atoms with Crippen LogP contribution in [0.5, 0.6) is 0 Å². The van der Waals surface area contributed by atoms with Gasteiger partial charge in [0.2, 0.25) is 0 Å². The third-order valence-corrected chi connectivity index (χ3v) is 5.22. The summed E-state index contributed by atoms with van der Waals surface area (Å²) in [7, 11) is -8.12. The molecule has 0 unspecified atom stereocenters. The smallest absolute Gasteiger partial charge is 0.851 e. The molecular formula is C18H22BrNa3O8S2. The summed E-state index contributed by atoms with van der Waals surface area (Å²) in [5.74, 6) is -0.799. The molecule has 2 aromatic carbocycles. The Morgan fingerprint density at radius 2 is 1.12 bits per heavy atom. The Bertz CT molecular complexity index is 872. The summed E-state index contributed by atoms with van der Waals surface area (Å²) in [6.45, 7) is 0.165. The van der Waals surface area contributed by atoms with Crippen molar-refractivity contribution in [3.8, 4) is 0 Å². The molecule has 0 fully saturated rings. The van der Waals surface area contributed by atoms with Crippen LogP contribution < -0.4 is 93.8 Å². The SMILES string of the molecule is O=S(=O)([O-])CCBr.O=S(=O)([O-])CCOCc1ccccc1.[Na+].[Na+].[Na+].[O-]Cc1ccccc1. The fourth-order valence-electron chi connectivity index (χ4n) is 1.59. The van der Waals surface area contributed by atoms with E-state index in [9.17, 15) is 31.0 Å². The maximum absolute atomic E-state index is 10.2. The van der Waals surface area contributed by atoms with Gasteiger partial charge in [-0.2, -0.15) is 0 Å². The summed E-state index contributed by atoms with van der Waals surface area (Å²) in [5, 5.41) is 10.4. The molecule has 14 heteroatoms. The summed E-state index contributed by atoms with van der Waals surface area (Å²) >= 11 is 2.81. The van der Waals surface area contributed by atoms with Gasteiger partial charge in [0, 0.05) is 11.1 Å². The van der Waals surface area contributed by atoms with E-state index in [-0.39, 0.29) is 113 Å². The van der Waals surface area contributed by atoms with Gasteiger partial charge in [0.05, 0.1) is 39.2 Å². The number of benzene rings is 2. The molecule has 0 atom stereocenters. The van der Waals surface area contributed by atoms with Crippen molar-refractivity contribution in [1.29, 1.82) is 0 Å². The maximum atomic E-state index is 10.2. The molecule has 0 amide bonds. The van der Waals surface area contributed by atoms with Crippen molar-refractivity contribution in [2.45, 2.75) is 13.2 Å². The molecule has 0 aliphatic rings. The molecule has 2 rings (SSSR count). The van der Waals surface area contributed by atoms with Gasteiger partial charge in [0.1, 0.15) is 0 Å². The Morgan fingerprint density at radius 1 is 0.719 bits per heavy atom. The molecule has 0 aromatic heterocycles. The first kappa shape index (κ1) is 40.8. The first-order chi connectivity index (χ1) is 13.6. The van der Waals surface area contributed by atoms with Gasteiger partial charge >= 0.3 is 88.7 Å². The van der Waals surface area contributed by atoms with Gasteiger partial charge in [-0.15, -0.1) is 6.61 Å². The molecule has 0 N–H and O–H groups in total. The fourth-order valence-corrected chi connectivity index (χ4v) is 3.29. The predicted molar refractivity (Wildman–Crippen MR) is 109 cm³/mol. The summed E-state index contributed by atoms with van der Waals surface area (Å²) in [6.07, 6.45) is 0. The second kappa shape index (κ2) is 24.4. The Balaban J connectivity index is -0.000000189. The number of hydrogen-bond donors (Lipinski definition) is 0. The zero-order valence-electron chi connectivity index (χ0n) is 18.5. The Labute approximate surface area is 265 Å². The standard InChI is InChI=1S/C9H12O4S.C7H7O.C2H5BrO3S.3Na/c10-14(11,12)7-6-13-8-9-4-2-1-3-5-9;8-6-7-4-2-1-3-5-7;3-1-2-7(4,5)6;;;/h1-5H,6-8H2,(H,10,11,12);1-5H,6H2;1-2H2,(H,4,5,6);;;/q;-1;;3*+1/p-2. The largest absolute Gasteiger partial charge is 1.00 e. The van der Waals surface area contributed by atoms with E-state index in [1.807, 2.05) is 60.7 Å². The van der Waals surface area contributed by atoms with Crippen molar-refractivity contribution >= 4 is 36.2 Å². The van der Waals surface area contributed by atoms with Crippen LogP contribution in [0.2, 0.25) is 0 Å². The van der Waals surface area contributed by atoms with E-state index in [0.717, 1.165) is 11.1 Å². The van der Waals surface area contributed by atoms with Crippen LogP contribution >= 0.6 is 15.9 Å². The molecule has 0 heterocycles. The van der Waals surface area contributed by atoms with Crippen LogP contribution in [0.15, 0.2) is 60.7 Å². The summed E-state index contributed by atoms with van der Waals surface area (Å²) in [4.78, 5) is 0. The van der Waals surface area contributed by atoms with Gasteiger partial charge in [0.25, 0.3) is 0 Å². The van der Waals surface area contributed by atoms with E-state index in [1.165, 1.54) is 0 Å². The van der Waals surface area contributed by atoms with Crippen LogP contribution in [0.3, 0.4) is 0 Å². The van der Waals surface area contributed by atoms with Crippen molar-refractivity contribution < 1.29 is 124 Å². The van der Waals surface area contributed by atoms with Gasteiger partial charge in [-0.25, -0.2) is 16.8 Å². The van der Waals surface area contributed by atoms with Gasteiger partial charge in [-0.1, -0.05) is 82.2 Å². The van der Waals surface area contributed by atoms with E-state index >= 15 is 0 Å². The monoisotopic (exact) mass is 578 g/mol. The van der Waals surface area contributed by atoms with Crippen molar-refractivity contribution in [1.82, 2.24) is 0 Å². The predicted octanol–water partition coefficient (Wildman–Crippen LogP) is -7.77. The Morgan fingerprint density at radius 3 is 1.41 bits per heavy atom. The summed E-state index contributed by atoms with van der Waals surface area (Å²) in [6, 6.07) is 18.6. The van der Waals surface area contributed by atoms with Gasteiger partial charge < -0.3 is 18.9 Å². The summed E-state index contributed by atoms with van der Waals surface area (Å²) < 4.78 is 64.6. The van der Waals surface area contributed by atoms with Crippen molar-refractivity contribution in [2.75, 3.05) is 23.4 Å². The third kappa shape index (κ3) is 29.7. The number of rotatable bonds is 8. The van der Waals surface area contributed by atoms with E-state index < -0.39 is 26.0 Å². The Hall–Kier alpha value is 1.66. The van der Waals surface area contributed by atoms with E-state index in [4.69, 9.17) is 4.74 Å². The van der Waals surface area contributed by atoms with E-state index in [0.29, 0.717) is 6.61 Å². The van der Waals surface area contributed by atoms with Crippen molar-refractivity contribution in [3.05, 3.63) is 71.8 Å². The second-order valence-electron chi connectivity index (χ2n) is 5.38. The van der Waals surface area contributed by atoms with E-state index in [2.05, 4.69) is 15.9 Å². The van der Waals surface area contributed by atoms with Crippen molar-refractivity contribution in [2.24, 2.45) is 0 Å². The number of halogens is 1. The van der Waals surface area contributed by atoms with Crippen LogP contribution in [0.1, 0.15) is 11.1 Å². The molecular weight excluding hydrogens is 557 g/mol. The van der Waals surface area contributed by atoms with Crippen molar-refractivity contribution in [3.63, 3.8) is 0 Å². The quantitative estimate of drug-likeness (QED) is 0.130. The molecule has 0 saturated heterocycles. The fraction of sp³-hybridized carbons (Fsp3) is 0.333. The van der Waals surface area contributed by atoms with E-state index in [1.54, 1.807) is 0 Å². The minimum atomic E-state index is -4.15. The summed E-state index contributed by atoms with van der Waals surface area (Å²) in [5.41, 5.74) is 1.81. The van der Waals surface area contributed by atoms with Crippen LogP contribution in [-0.2, 0) is 38.2 Å². The molecule has 0 aliphatic heterocycles. The average molecular weight is 579 g/mol. The first-order valence-corrected chi connectivity index (χ1v) is 12.5. The molecule has 2 aromatic rings. The molecule has 8 nitrogen and oxygen atoms in total. The molecule has 164 valence electrons. The van der Waals surface area contributed by atoms with Crippen LogP contribution in [0, 0.1) is 0 Å². The minimum Gasteiger partial charge on any atom is -0.851 e. The van der Waals surface area contributed by atoms with Crippen LogP contribution in [0.4, 0.5) is 0 Å².